The van der Waals surface area contributed by atoms with Crippen molar-refractivity contribution < 1.29 is 4.21 Å². The van der Waals surface area contributed by atoms with Gasteiger partial charge in [-0.05, 0) is 31.9 Å². The van der Waals surface area contributed by atoms with Gasteiger partial charge >= 0.3 is 0 Å². The molecule has 0 amide bonds. The van der Waals surface area contributed by atoms with Gasteiger partial charge in [-0.1, -0.05) is 37.3 Å². The van der Waals surface area contributed by atoms with Crippen LogP contribution in [0, 0.1) is 0 Å². The molecule has 0 aliphatic carbocycles. The Morgan fingerprint density at radius 1 is 1.20 bits per heavy atom. The van der Waals surface area contributed by atoms with Gasteiger partial charge in [-0.25, -0.2) is 4.68 Å². The van der Waals surface area contributed by atoms with E-state index in [1.165, 1.54) is 0 Å². The van der Waals surface area contributed by atoms with Gasteiger partial charge in [0.05, 0.1) is 22.8 Å². The Morgan fingerprint density at radius 2 is 1.85 bits per heavy atom. The van der Waals surface area contributed by atoms with Crippen molar-refractivity contribution in [1.29, 1.82) is 0 Å². The first-order chi connectivity index (χ1) is 9.67. The summed E-state index contributed by atoms with van der Waals surface area (Å²) < 4.78 is 14.2. The number of benzene rings is 1. The van der Waals surface area contributed by atoms with Crippen LogP contribution in [0.1, 0.15) is 44.6 Å². The van der Waals surface area contributed by atoms with Crippen molar-refractivity contribution in [2.24, 2.45) is 0 Å². The van der Waals surface area contributed by atoms with Crippen molar-refractivity contribution in [2.45, 2.75) is 44.1 Å². The second-order valence-electron chi connectivity index (χ2n) is 4.83. The van der Waals surface area contributed by atoms with Crippen molar-refractivity contribution in [2.75, 3.05) is 0 Å². The van der Waals surface area contributed by atoms with E-state index in [0.717, 1.165) is 24.2 Å². The van der Waals surface area contributed by atoms with E-state index in [0.29, 0.717) is 0 Å². The molecule has 1 aromatic carbocycles. The van der Waals surface area contributed by atoms with Crippen LogP contribution in [-0.4, -0.2) is 24.5 Å². The van der Waals surface area contributed by atoms with Gasteiger partial charge in [-0.15, -0.1) is 5.10 Å². The molecule has 0 bridgehead atoms. The summed E-state index contributed by atoms with van der Waals surface area (Å²) in [5, 5.41) is 8.46. The minimum absolute atomic E-state index is 0.0858. The third-order valence-electron chi connectivity index (χ3n) is 3.54. The van der Waals surface area contributed by atoms with E-state index < -0.39 is 10.8 Å². The summed E-state index contributed by atoms with van der Waals surface area (Å²) in [7, 11) is -0.912. The molecular weight excluding hydrogens is 270 g/mol. The van der Waals surface area contributed by atoms with Gasteiger partial charge in [0.15, 0.2) is 0 Å². The van der Waals surface area contributed by atoms with E-state index >= 15 is 0 Å². The van der Waals surface area contributed by atoms with Crippen LogP contribution in [0.15, 0.2) is 36.5 Å². The van der Waals surface area contributed by atoms with E-state index in [9.17, 15) is 4.21 Å². The molecule has 108 valence electrons. The molecule has 1 heterocycles. The number of hydrogen-bond acceptors (Lipinski definition) is 3. The van der Waals surface area contributed by atoms with Crippen LogP contribution in [0.3, 0.4) is 0 Å². The molecule has 2 atom stereocenters. The Bertz CT molecular complexity index is 564. The molecule has 0 aliphatic rings. The summed E-state index contributed by atoms with van der Waals surface area (Å²) in [6, 6.07) is 9.83. The van der Waals surface area contributed by atoms with Crippen LogP contribution < -0.4 is 0 Å². The monoisotopic (exact) mass is 291 g/mol. The SMILES string of the molecule is CCC(CC)S(=O)C(C)c1cn(-c2ccccc2)nn1. The molecule has 0 spiro atoms. The predicted molar refractivity (Wildman–Crippen MR) is 82.3 cm³/mol. The number of aromatic nitrogens is 3. The maximum Gasteiger partial charge on any atom is 0.0984 e. The molecule has 2 rings (SSSR count). The van der Waals surface area contributed by atoms with Crippen molar-refractivity contribution in [3.05, 3.63) is 42.2 Å². The molecule has 0 saturated carbocycles. The molecule has 0 N–H and O–H groups in total. The highest BCUT2D eigenvalue weighted by Crippen LogP contribution is 2.23. The summed E-state index contributed by atoms with van der Waals surface area (Å²) in [6.45, 7) is 6.13. The van der Waals surface area contributed by atoms with Crippen LogP contribution in [0.2, 0.25) is 0 Å². The van der Waals surface area contributed by atoms with Crippen molar-refractivity contribution in [3.8, 4) is 5.69 Å². The first kappa shape index (κ1) is 14.9. The minimum Gasteiger partial charge on any atom is -0.259 e. The Kier molecular flexibility index (Phi) is 5.06. The average Bonchev–Trinajstić information content (AvgIpc) is 2.98. The van der Waals surface area contributed by atoms with Crippen LogP contribution in [0.4, 0.5) is 0 Å². The lowest BCUT2D eigenvalue weighted by Crippen LogP contribution is -2.18. The predicted octanol–water partition coefficient (Wildman–Crippen LogP) is 3.27. The number of rotatable bonds is 6. The molecule has 4 nitrogen and oxygen atoms in total. The van der Waals surface area contributed by atoms with E-state index in [1.807, 2.05) is 43.5 Å². The van der Waals surface area contributed by atoms with Crippen molar-refractivity contribution >= 4 is 10.8 Å². The van der Waals surface area contributed by atoms with Crippen molar-refractivity contribution in [3.63, 3.8) is 0 Å². The van der Waals surface area contributed by atoms with Gasteiger partial charge in [0.25, 0.3) is 0 Å². The van der Waals surface area contributed by atoms with Crippen LogP contribution in [0.5, 0.6) is 0 Å². The first-order valence-electron chi connectivity index (χ1n) is 7.04. The lowest BCUT2D eigenvalue weighted by atomic mass is 10.3. The summed E-state index contributed by atoms with van der Waals surface area (Å²) in [5.41, 5.74) is 1.76. The molecule has 5 heteroatoms. The topological polar surface area (TPSA) is 47.8 Å². The lowest BCUT2D eigenvalue weighted by Gasteiger charge is -2.16. The highest BCUT2D eigenvalue weighted by atomic mass is 32.2. The molecule has 20 heavy (non-hydrogen) atoms. The minimum atomic E-state index is -0.912. The normalized spacial score (nSPS) is 14.4. The molecule has 2 aromatic rings. The molecule has 2 unspecified atom stereocenters. The third kappa shape index (κ3) is 3.15. The molecular formula is C15H21N3OS. The fourth-order valence-electron chi connectivity index (χ4n) is 2.19. The molecule has 0 saturated heterocycles. The standard InChI is InChI=1S/C15H21N3OS/c1-4-14(5-2)20(19)12(3)15-11-18(17-16-15)13-9-7-6-8-10-13/h6-12,14H,4-5H2,1-3H3. The summed E-state index contributed by atoms with van der Waals surface area (Å²) in [5.74, 6) is 0. The Hall–Kier alpha value is -1.49. The van der Waals surface area contributed by atoms with Crippen LogP contribution in [0.25, 0.3) is 5.69 Å². The van der Waals surface area contributed by atoms with Crippen LogP contribution >= 0.6 is 0 Å². The van der Waals surface area contributed by atoms with Crippen molar-refractivity contribution in [1.82, 2.24) is 15.0 Å². The van der Waals surface area contributed by atoms with Gasteiger partial charge in [0.1, 0.15) is 0 Å². The van der Waals surface area contributed by atoms with Gasteiger partial charge in [-0.3, -0.25) is 4.21 Å². The second-order valence-corrected chi connectivity index (χ2v) is 6.86. The molecule has 1 aromatic heterocycles. The fourth-order valence-corrected chi connectivity index (χ4v) is 3.78. The quantitative estimate of drug-likeness (QED) is 0.820. The zero-order chi connectivity index (χ0) is 14.5. The number of nitrogens with zero attached hydrogens (tertiary/aromatic N) is 3. The summed E-state index contributed by atoms with van der Waals surface area (Å²) in [6.07, 6.45) is 3.74. The zero-order valence-electron chi connectivity index (χ0n) is 12.2. The third-order valence-corrected chi connectivity index (χ3v) is 5.80. The second kappa shape index (κ2) is 6.79. The fraction of sp³-hybridized carbons (Fsp3) is 0.467. The Labute approximate surface area is 122 Å². The molecule has 0 fully saturated rings. The van der Waals surface area contributed by atoms with Gasteiger partial charge in [0, 0.05) is 16.0 Å². The average molecular weight is 291 g/mol. The highest BCUT2D eigenvalue weighted by Gasteiger charge is 2.23. The first-order valence-corrected chi connectivity index (χ1v) is 8.32. The maximum absolute atomic E-state index is 12.5. The Morgan fingerprint density at radius 3 is 2.45 bits per heavy atom. The van der Waals surface area contributed by atoms with Crippen LogP contribution in [-0.2, 0) is 10.8 Å². The van der Waals surface area contributed by atoms with E-state index in [1.54, 1.807) is 4.68 Å². The summed E-state index contributed by atoms with van der Waals surface area (Å²) >= 11 is 0. The highest BCUT2D eigenvalue weighted by molar-refractivity contribution is 7.85. The maximum atomic E-state index is 12.5. The smallest absolute Gasteiger partial charge is 0.0984 e. The lowest BCUT2D eigenvalue weighted by molar-refractivity contribution is 0.648. The summed E-state index contributed by atoms with van der Waals surface area (Å²) in [4.78, 5) is 0. The largest absolute Gasteiger partial charge is 0.259 e. The Balaban J connectivity index is 2.18. The van der Waals surface area contributed by atoms with Gasteiger partial charge in [-0.2, -0.15) is 0 Å². The van der Waals surface area contributed by atoms with Gasteiger partial charge < -0.3 is 0 Å². The molecule has 0 aliphatic heterocycles. The van der Waals surface area contributed by atoms with Gasteiger partial charge in [0.2, 0.25) is 0 Å². The van der Waals surface area contributed by atoms with E-state index in [-0.39, 0.29) is 10.5 Å². The van der Waals surface area contributed by atoms with E-state index in [2.05, 4.69) is 24.2 Å². The van der Waals surface area contributed by atoms with E-state index in [4.69, 9.17) is 0 Å². The number of para-hydroxylation sites is 1. The number of hydrogen-bond donors (Lipinski definition) is 0. The molecule has 0 radical (unpaired) electrons. The zero-order valence-corrected chi connectivity index (χ0v) is 13.0.